The van der Waals surface area contributed by atoms with E-state index in [0.29, 0.717) is 6.54 Å². The van der Waals surface area contributed by atoms with Crippen molar-refractivity contribution in [2.75, 3.05) is 19.0 Å². The van der Waals surface area contributed by atoms with Crippen LogP contribution in [0.15, 0.2) is 24.3 Å². The maximum Gasteiger partial charge on any atom is 0.339 e. The lowest BCUT2D eigenvalue weighted by molar-refractivity contribution is -0.145. The third kappa shape index (κ3) is 3.88. The Labute approximate surface area is 135 Å². The summed E-state index contributed by atoms with van der Waals surface area (Å²) in [7, 11) is 1.27. The van der Waals surface area contributed by atoms with Crippen LogP contribution in [0.4, 0.5) is 5.69 Å². The summed E-state index contributed by atoms with van der Waals surface area (Å²) in [5.41, 5.74) is 0.504. The fourth-order valence-corrected chi connectivity index (χ4v) is 2.88. The van der Waals surface area contributed by atoms with Gasteiger partial charge in [0.05, 0.1) is 18.4 Å². The molecule has 2 amide bonds. The van der Waals surface area contributed by atoms with Gasteiger partial charge in [-0.05, 0) is 37.8 Å². The number of para-hydroxylation sites is 1. The maximum absolute atomic E-state index is 12.4. The molecule has 2 rings (SSSR count). The molecule has 0 bridgehead atoms. The minimum absolute atomic E-state index is 0.109. The average Bonchev–Trinajstić information content (AvgIpc) is 2.60. The quantitative estimate of drug-likeness (QED) is 0.685. The number of benzene rings is 1. The van der Waals surface area contributed by atoms with Crippen LogP contribution in [0.2, 0.25) is 0 Å². The molecule has 1 saturated heterocycles. The Hall–Kier alpha value is -2.37. The van der Waals surface area contributed by atoms with E-state index >= 15 is 0 Å². The maximum atomic E-state index is 12.4. The summed E-state index contributed by atoms with van der Waals surface area (Å²) < 4.78 is 4.68. The second kappa shape index (κ2) is 7.76. The molecule has 0 spiro atoms. The Morgan fingerprint density at radius 1 is 1.26 bits per heavy atom. The summed E-state index contributed by atoms with van der Waals surface area (Å²) in [4.78, 5) is 38.1. The SMILES string of the molecule is CCC1CCCCN1C(=O)C(=O)Nc1ccccc1C(=O)OC. The molecule has 6 heteroatoms. The summed E-state index contributed by atoms with van der Waals surface area (Å²) >= 11 is 0. The first-order chi connectivity index (χ1) is 11.1. The number of rotatable bonds is 3. The van der Waals surface area contributed by atoms with E-state index in [4.69, 9.17) is 0 Å². The van der Waals surface area contributed by atoms with Gasteiger partial charge in [-0.15, -0.1) is 0 Å². The number of nitrogens with zero attached hydrogens (tertiary/aromatic N) is 1. The fourth-order valence-electron chi connectivity index (χ4n) is 2.88. The van der Waals surface area contributed by atoms with Gasteiger partial charge in [-0.25, -0.2) is 4.79 Å². The molecule has 1 aromatic rings. The van der Waals surface area contributed by atoms with Gasteiger partial charge in [0.15, 0.2) is 0 Å². The number of methoxy groups -OCH3 is 1. The van der Waals surface area contributed by atoms with Crippen molar-refractivity contribution in [2.45, 2.75) is 38.6 Å². The highest BCUT2D eigenvalue weighted by Crippen LogP contribution is 2.21. The van der Waals surface area contributed by atoms with Crippen LogP contribution in [0.3, 0.4) is 0 Å². The molecular formula is C17H22N2O4. The Bertz CT molecular complexity index is 600. The molecular weight excluding hydrogens is 296 g/mol. The average molecular weight is 318 g/mol. The number of carbonyl (C=O) groups excluding carboxylic acids is 3. The lowest BCUT2D eigenvalue weighted by Crippen LogP contribution is -2.48. The second-order valence-corrected chi connectivity index (χ2v) is 5.55. The van der Waals surface area contributed by atoms with Crippen molar-refractivity contribution >= 4 is 23.5 Å². The summed E-state index contributed by atoms with van der Waals surface area (Å²) in [6.07, 6.45) is 3.75. The van der Waals surface area contributed by atoms with E-state index in [2.05, 4.69) is 10.1 Å². The summed E-state index contributed by atoms with van der Waals surface area (Å²) in [5, 5.41) is 2.54. The minimum atomic E-state index is -0.721. The Kier molecular flexibility index (Phi) is 5.73. The van der Waals surface area contributed by atoms with Crippen molar-refractivity contribution in [3.8, 4) is 0 Å². The summed E-state index contributed by atoms with van der Waals surface area (Å²) in [6.45, 7) is 2.62. The van der Waals surface area contributed by atoms with Crippen LogP contribution in [0.1, 0.15) is 43.0 Å². The number of carbonyl (C=O) groups is 3. The molecule has 124 valence electrons. The Balaban J connectivity index is 2.12. The molecule has 0 aliphatic carbocycles. The van der Waals surface area contributed by atoms with E-state index in [-0.39, 0.29) is 17.3 Å². The van der Waals surface area contributed by atoms with E-state index < -0.39 is 17.8 Å². The van der Waals surface area contributed by atoms with Gasteiger partial charge in [-0.1, -0.05) is 19.1 Å². The van der Waals surface area contributed by atoms with Crippen LogP contribution >= 0.6 is 0 Å². The smallest absolute Gasteiger partial charge is 0.339 e. The van der Waals surface area contributed by atoms with E-state index in [1.807, 2.05) is 6.92 Å². The highest BCUT2D eigenvalue weighted by atomic mass is 16.5. The molecule has 1 N–H and O–H groups in total. The standard InChI is InChI=1S/C17H22N2O4/c1-3-12-8-6-7-11-19(12)16(21)15(20)18-14-10-5-4-9-13(14)17(22)23-2/h4-5,9-10,12H,3,6-8,11H2,1-2H3,(H,18,20). The molecule has 1 heterocycles. The number of hydrogen-bond donors (Lipinski definition) is 1. The number of nitrogens with one attached hydrogen (secondary N) is 1. The number of amides is 2. The number of piperidine rings is 1. The molecule has 0 radical (unpaired) electrons. The molecule has 1 aliphatic heterocycles. The predicted molar refractivity (Wildman–Crippen MR) is 86.1 cm³/mol. The Morgan fingerprint density at radius 3 is 2.70 bits per heavy atom. The highest BCUT2D eigenvalue weighted by Gasteiger charge is 2.30. The predicted octanol–water partition coefficient (Wildman–Crippen LogP) is 2.20. The number of ether oxygens (including phenoxy) is 1. The van der Waals surface area contributed by atoms with Crippen molar-refractivity contribution in [1.29, 1.82) is 0 Å². The molecule has 0 saturated carbocycles. The Morgan fingerprint density at radius 2 is 2.00 bits per heavy atom. The zero-order valence-corrected chi connectivity index (χ0v) is 13.5. The van der Waals surface area contributed by atoms with Gasteiger partial charge in [0.25, 0.3) is 0 Å². The number of likely N-dealkylation sites (tertiary alicyclic amines) is 1. The molecule has 0 aromatic heterocycles. The third-order valence-electron chi connectivity index (χ3n) is 4.13. The largest absolute Gasteiger partial charge is 0.465 e. The molecule has 23 heavy (non-hydrogen) atoms. The van der Waals surface area contributed by atoms with E-state index in [1.54, 1.807) is 29.2 Å². The first-order valence-corrected chi connectivity index (χ1v) is 7.87. The molecule has 1 unspecified atom stereocenters. The van der Waals surface area contributed by atoms with Crippen LogP contribution < -0.4 is 5.32 Å². The van der Waals surface area contributed by atoms with Gasteiger partial charge in [-0.3, -0.25) is 9.59 Å². The van der Waals surface area contributed by atoms with Crippen molar-refractivity contribution in [1.82, 2.24) is 4.90 Å². The zero-order valence-electron chi connectivity index (χ0n) is 13.5. The molecule has 1 aliphatic rings. The van der Waals surface area contributed by atoms with Crippen LogP contribution in [-0.4, -0.2) is 42.4 Å². The minimum Gasteiger partial charge on any atom is -0.465 e. The first kappa shape index (κ1) is 17.0. The zero-order chi connectivity index (χ0) is 16.8. The van der Waals surface area contributed by atoms with Gasteiger partial charge >= 0.3 is 17.8 Å². The molecule has 6 nitrogen and oxygen atoms in total. The van der Waals surface area contributed by atoms with Gasteiger partial charge < -0.3 is 15.0 Å². The summed E-state index contributed by atoms with van der Waals surface area (Å²) in [5.74, 6) is -1.82. The van der Waals surface area contributed by atoms with Gasteiger partial charge in [0.1, 0.15) is 0 Å². The van der Waals surface area contributed by atoms with Gasteiger partial charge in [0.2, 0.25) is 0 Å². The van der Waals surface area contributed by atoms with E-state index in [9.17, 15) is 14.4 Å². The molecule has 1 atom stereocenters. The third-order valence-corrected chi connectivity index (χ3v) is 4.13. The van der Waals surface area contributed by atoms with E-state index in [1.165, 1.54) is 7.11 Å². The normalized spacial score (nSPS) is 17.5. The number of anilines is 1. The molecule has 1 aromatic carbocycles. The van der Waals surface area contributed by atoms with Crippen LogP contribution in [0.5, 0.6) is 0 Å². The number of esters is 1. The van der Waals surface area contributed by atoms with Crippen molar-refractivity contribution in [2.24, 2.45) is 0 Å². The topological polar surface area (TPSA) is 75.7 Å². The van der Waals surface area contributed by atoms with Crippen molar-refractivity contribution in [3.05, 3.63) is 29.8 Å². The van der Waals surface area contributed by atoms with Crippen LogP contribution in [0, 0.1) is 0 Å². The van der Waals surface area contributed by atoms with Gasteiger partial charge in [-0.2, -0.15) is 0 Å². The lowest BCUT2D eigenvalue weighted by atomic mass is 10.00. The van der Waals surface area contributed by atoms with Crippen molar-refractivity contribution in [3.63, 3.8) is 0 Å². The van der Waals surface area contributed by atoms with Crippen LogP contribution in [-0.2, 0) is 14.3 Å². The van der Waals surface area contributed by atoms with Crippen molar-refractivity contribution < 1.29 is 19.1 Å². The monoisotopic (exact) mass is 318 g/mol. The number of hydrogen-bond acceptors (Lipinski definition) is 4. The fraction of sp³-hybridized carbons (Fsp3) is 0.471. The second-order valence-electron chi connectivity index (χ2n) is 5.55. The van der Waals surface area contributed by atoms with Gasteiger partial charge in [0, 0.05) is 12.6 Å². The van der Waals surface area contributed by atoms with Crippen LogP contribution in [0.25, 0.3) is 0 Å². The highest BCUT2D eigenvalue weighted by molar-refractivity contribution is 6.40. The first-order valence-electron chi connectivity index (χ1n) is 7.87. The summed E-state index contributed by atoms with van der Waals surface area (Å²) in [6, 6.07) is 6.58. The molecule has 1 fully saturated rings. The van der Waals surface area contributed by atoms with E-state index in [0.717, 1.165) is 25.7 Å². The lowest BCUT2D eigenvalue weighted by Gasteiger charge is -2.34.